The summed E-state index contributed by atoms with van der Waals surface area (Å²) in [5.74, 6) is 0.823. The number of halogens is 1. The molecule has 3 atom stereocenters. The lowest BCUT2D eigenvalue weighted by Crippen LogP contribution is -2.48. The number of aliphatic imine (C=N–C) groups is 1. The number of rotatable bonds is 4. The van der Waals surface area contributed by atoms with Crippen LogP contribution < -0.4 is 10.6 Å². The van der Waals surface area contributed by atoms with Gasteiger partial charge in [-0.1, -0.05) is 0 Å². The second kappa shape index (κ2) is 6.79. The van der Waals surface area contributed by atoms with Crippen LogP contribution in [0.1, 0.15) is 45.4 Å². The molecule has 1 saturated carbocycles. The molecule has 0 amide bonds. The van der Waals surface area contributed by atoms with Gasteiger partial charge in [-0.3, -0.25) is 4.99 Å². The van der Waals surface area contributed by atoms with Crippen molar-refractivity contribution < 1.29 is 9.84 Å². The number of fused-ring (bicyclic) bond motifs is 2. The van der Waals surface area contributed by atoms with E-state index >= 15 is 0 Å². The quantitative estimate of drug-likeness (QED) is 0.383. The Kier molecular flexibility index (Phi) is 5.53. The van der Waals surface area contributed by atoms with Crippen LogP contribution in [0.3, 0.4) is 0 Å². The Bertz CT molecular complexity index is 360. The van der Waals surface area contributed by atoms with E-state index in [1.165, 1.54) is 6.42 Å². The van der Waals surface area contributed by atoms with E-state index in [9.17, 15) is 5.11 Å². The van der Waals surface area contributed by atoms with E-state index in [-0.39, 0.29) is 24.0 Å². The average Bonchev–Trinajstić information content (AvgIpc) is 2.96. The van der Waals surface area contributed by atoms with Crippen molar-refractivity contribution in [3.8, 4) is 0 Å². The first-order chi connectivity index (χ1) is 9.18. The van der Waals surface area contributed by atoms with E-state index in [4.69, 9.17) is 4.74 Å². The lowest BCUT2D eigenvalue weighted by Gasteiger charge is -2.35. The molecule has 20 heavy (non-hydrogen) atoms. The molecule has 0 aromatic heterocycles. The molecule has 2 bridgehead atoms. The smallest absolute Gasteiger partial charge is 0.191 e. The summed E-state index contributed by atoms with van der Waals surface area (Å²) in [6.07, 6.45) is 7.12. The highest BCUT2D eigenvalue weighted by Crippen LogP contribution is 2.34. The van der Waals surface area contributed by atoms with Gasteiger partial charge in [0.25, 0.3) is 0 Å². The predicted molar refractivity (Wildman–Crippen MR) is 89.6 cm³/mol. The number of hydrogen-bond acceptors (Lipinski definition) is 3. The molecule has 3 unspecified atom stereocenters. The molecule has 1 aliphatic carbocycles. The third-order valence-electron chi connectivity index (χ3n) is 4.59. The third-order valence-corrected chi connectivity index (χ3v) is 4.59. The highest BCUT2D eigenvalue weighted by atomic mass is 127. The van der Waals surface area contributed by atoms with Crippen molar-refractivity contribution >= 4 is 29.9 Å². The Labute approximate surface area is 138 Å². The molecule has 0 radical (unpaired) electrons. The molecular formula is C14H26IN3O2. The maximum absolute atomic E-state index is 10.1. The van der Waals surface area contributed by atoms with E-state index < -0.39 is 5.60 Å². The molecule has 3 fully saturated rings. The Hall–Kier alpha value is -0.0800. The Balaban J connectivity index is 0.00000147. The highest BCUT2D eigenvalue weighted by molar-refractivity contribution is 14.0. The highest BCUT2D eigenvalue weighted by Gasteiger charge is 2.41. The fraction of sp³-hybridized carbons (Fsp3) is 0.929. The zero-order chi connectivity index (χ0) is 13.3. The number of nitrogens with zero attached hydrogens (tertiary/aromatic N) is 1. The van der Waals surface area contributed by atoms with Crippen LogP contribution in [0.4, 0.5) is 0 Å². The van der Waals surface area contributed by atoms with Gasteiger partial charge < -0.3 is 20.5 Å². The van der Waals surface area contributed by atoms with Crippen LogP contribution in [0.15, 0.2) is 4.99 Å². The minimum atomic E-state index is -0.548. The van der Waals surface area contributed by atoms with Crippen LogP contribution in [-0.4, -0.2) is 48.0 Å². The summed E-state index contributed by atoms with van der Waals surface area (Å²) < 4.78 is 5.85. The fourth-order valence-corrected chi connectivity index (χ4v) is 3.25. The van der Waals surface area contributed by atoms with Crippen molar-refractivity contribution in [3.05, 3.63) is 0 Å². The second-order valence-electron chi connectivity index (χ2n) is 6.13. The maximum atomic E-state index is 10.1. The SMILES string of the molecule is CCNC(=NCC1(O)CCC1)NC1CC2CCC1O2.I. The summed E-state index contributed by atoms with van der Waals surface area (Å²) in [5, 5.41) is 16.8. The van der Waals surface area contributed by atoms with Crippen molar-refractivity contribution in [2.75, 3.05) is 13.1 Å². The number of aliphatic hydroxyl groups is 1. The summed E-state index contributed by atoms with van der Waals surface area (Å²) in [4.78, 5) is 4.54. The van der Waals surface area contributed by atoms with Crippen LogP contribution in [0.2, 0.25) is 0 Å². The minimum absolute atomic E-state index is 0. The van der Waals surface area contributed by atoms with Gasteiger partial charge in [-0.15, -0.1) is 24.0 Å². The lowest BCUT2D eigenvalue weighted by atomic mass is 9.80. The number of nitrogens with one attached hydrogen (secondary N) is 2. The van der Waals surface area contributed by atoms with Crippen molar-refractivity contribution in [1.82, 2.24) is 10.6 Å². The average molecular weight is 395 g/mol. The summed E-state index contributed by atoms with van der Waals surface area (Å²) in [5.41, 5.74) is -0.548. The first-order valence-corrected chi connectivity index (χ1v) is 7.61. The van der Waals surface area contributed by atoms with E-state index in [1.54, 1.807) is 0 Å². The van der Waals surface area contributed by atoms with Gasteiger partial charge in [0.05, 0.1) is 30.4 Å². The normalized spacial score (nSPS) is 34.3. The molecule has 0 aromatic carbocycles. The molecule has 0 aromatic rings. The van der Waals surface area contributed by atoms with Gasteiger partial charge in [-0.25, -0.2) is 0 Å². The van der Waals surface area contributed by atoms with E-state index in [2.05, 4.69) is 22.5 Å². The monoisotopic (exact) mass is 395 g/mol. The van der Waals surface area contributed by atoms with Crippen LogP contribution in [0, 0.1) is 0 Å². The molecule has 6 heteroatoms. The van der Waals surface area contributed by atoms with Crippen LogP contribution in [0.5, 0.6) is 0 Å². The number of guanidine groups is 1. The molecule has 2 heterocycles. The first-order valence-electron chi connectivity index (χ1n) is 7.61. The van der Waals surface area contributed by atoms with Gasteiger partial charge in [0, 0.05) is 6.54 Å². The third kappa shape index (κ3) is 3.57. The van der Waals surface area contributed by atoms with Gasteiger partial charge in [-0.05, 0) is 45.4 Å². The van der Waals surface area contributed by atoms with E-state index in [0.29, 0.717) is 24.8 Å². The van der Waals surface area contributed by atoms with Gasteiger partial charge in [0.15, 0.2) is 5.96 Å². The molecule has 2 aliphatic heterocycles. The standard InChI is InChI=1S/C14H25N3O2.HI/c1-2-15-13(16-9-14(18)6-3-7-14)17-11-8-10-4-5-12(11)19-10;/h10-12,18H,2-9H2,1H3,(H2,15,16,17);1H. The second-order valence-corrected chi connectivity index (χ2v) is 6.13. The van der Waals surface area contributed by atoms with Crippen LogP contribution in [-0.2, 0) is 4.74 Å². The van der Waals surface area contributed by atoms with Gasteiger partial charge >= 0.3 is 0 Å². The van der Waals surface area contributed by atoms with Crippen molar-refractivity contribution in [2.24, 2.45) is 4.99 Å². The molecular weight excluding hydrogens is 369 g/mol. The lowest BCUT2D eigenvalue weighted by molar-refractivity contribution is -0.0236. The topological polar surface area (TPSA) is 65.9 Å². The molecule has 3 aliphatic rings. The van der Waals surface area contributed by atoms with Gasteiger partial charge in [0.2, 0.25) is 0 Å². The zero-order valence-corrected chi connectivity index (χ0v) is 14.4. The molecule has 3 N–H and O–H groups in total. The summed E-state index contributed by atoms with van der Waals surface area (Å²) >= 11 is 0. The fourth-order valence-electron chi connectivity index (χ4n) is 3.25. The Morgan fingerprint density at radius 1 is 1.40 bits per heavy atom. The number of hydrogen-bond donors (Lipinski definition) is 3. The van der Waals surface area contributed by atoms with E-state index in [1.807, 2.05) is 0 Å². The Morgan fingerprint density at radius 3 is 2.70 bits per heavy atom. The zero-order valence-electron chi connectivity index (χ0n) is 12.1. The van der Waals surface area contributed by atoms with Crippen molar-refractivity contribution in [1.29, 1.82) is 0 Å². The molecule has 5 nitrogen and oxygen atoms in total. The predicted octanol–water partition coefficient (Wildman–Crippen LogP) is 1.39. The van der Waals surface area contributed by atoms with Gasteiger partial charge in [0.1, 0.15) is 0 Å². The largest absolute Gasteiger partial charge is 0.388 e. The number of ether oxygens (including phenoxy) is 1. The summed E-state index contributed by atoms with van der Waals surface area (Å²) in [6.45, 7) is 3.41. The maximum Gasteiger partial charge on any atom is 0.191 e. The van der Waals surface area contributed by atoms with Crippen LogP contribution >= 0.6 is 24.0 Å². The molecule has 116 valence electrons. The molecule has 2 saturated heterocycles. The first kappa shape index (κ1) is 16.3. The Morgan fingerprint density at radius 2 is 2.20 bits per heavy atom. The van der Waals surface area contributed by atoms with E-state index in [0.717, 1.165) is 44.6 Å². The molecule has 3 rings (SSSR count). The summed E-state index contributed by atoms with van der Waals surface area (Å²) in [7, 11) is 0. The van der Waals surface area contributed by atoms with Crippen molar-refractivity contribution in [3.63, 3.8) is 0 Å². The van der Waals surface area contributed by atoms with Gasteiger partial charge in [-0.2, -0.15) is 0 Å². The van der Waals surface area contributed by atoms with Crippen molar-refractivity contribution in [2.45, 2.75) is 69.3 Å². The van der Waals surface area contributed by atoms with Crippen LogP contribution in [0.25, 0.3) is 0 Å². The minimum Gasteiger partial charge on any atom is -0.388 e. The molecule has 0 spiro atoms. The summed E-state index contributed by atoms with van der Waals surface area (Å²) in [6, 6.07) is 0.382.